The largest absolute Gasteiger partial charge is 0.481 e. The van der Waals surface area contributed by atoms with Crippen LogP contribution < -0.4 is 0 Å². The number of carboxylic acid groups (broad SMARTS) is 1. The third-order valence-corrected chi connectivity index (χ3v) is 3.32. The fourth-order valence-corrected chi connectivity index (χ4v) is 2.85. The molecule has 2 heteroatoms. The Labute approximate surface area is 66.6 Å². The van der Waals surface area contributed by atoms with Gasteiger partial charge in [0.25, 0.3) is 0 Å². The van der Waals surface area contributed by atoms with Crippen molar-refractivity contribution in [2.45, 2.75) is 32.1 Å². The van der Waals surface area contributed by atoms with Gasteiger partial charge in [-0.1, -0.05) is 6.42 Å². The van der Waals surface area contributed by atoms with Crippen molar-refractivity contribution in [2.75, 3.05) is 0 Å². The molecular weight excluding hydrogens is 140 g/mol. The summed E-state index contributed by atoms with van der Waals surface area (Å²) in [6.07, 6.45) is 5.58. The predicted octanol–water partition coefficient (Wildman–Crippen LogP) is 1.90. The smallest absolute Gasteiger partial charge is 0.303 e. The van der Waals surface area contributed by atoms with E-state index in [0.29, 0.717) is 12.3 Å². The molecule has 0 amide bonds. The van der Waals surface area contributed by atoms with E-state index in [9.17, 15) is 4.79 Å². The Morgan fingerprint density at radius 3 is 2.64 bits per heavy atom. The molecule has 2 rings (SSSR count). The van der Waals surface area contributed by atoms with Gasteiger partial charge in [-0.05, 0) is 37.0 Å². The number of aliphatic carboxylic acids is 1. The minimum absolute atomic E-state index is 0.418. The highest BCUT2D eigenvalue weighted by Crippen LogP contribution is 2.49. The van der Waals surface area contributed by atoms with Crippen molar-refractivity contribution in [3.63, 3.8) is 0 Å². The zero-order valence-electron chi connectivity index (χ0n) is 6.62. The number of rotatable bonds is 2. The zero-order valence-corrected chi connectivity index (χ0v) is 6.62. The summed E-state index contributed by atoms with van der Waals surface area (Å²) in [4.78, 5) is 10.4. The lowest BCUT2D eigenvalue weighted by atomic mass is 9.86. The van der Waals surface area contributed by atoms with Gasteiger partial charge in [0, 0.05) is 6.42 Å². The SMILES string of the molecule is O=C(O)C[C@H]1CC2CC[C@@H]1C2. The highest BCUT2D eigenvalue weighted by Gasteiger charge is 2.39. The van der Waals surface area contributed by atoms with Crippen LogP contribution in [0.5, 0.6) is 0 Å². The van der Waals surface area contributed by atoms with E-state index in [4.69, 9.17) is 5.11 Å². The highest BCUT2D eigenvalue weighted by atomic mass is 16.4. The first-order chi connectivity index (χ1) is 5.25. The Hall–Kier alpha value is -0.530. The van der Waals surface area contributed by atoms with Gasteiger partial charge in [0.1, 0.15) is 0 Å². The molecule has 2 aliphatic rings. The summed E-state index contributed by atoms with van der Waals surface area (Å²) >= 11 is 0. The van der Waals surface area contributed by atoms with Gasteiger partial charge in [-0.2, -0.15) is 0 Å². The average molecular weight is 154 g/mol. The lowest BCUT2D eigenvalue weighted by Crippen LogP contribution is -2.14. The molecule has 0 aliphatic heterocycles. The molecule has 0 saturated heterocycles. The van der Waals surface area contributed by atoms with Gasteiger partial charge in [-0.3, -0.25) is 4.79 Å². The van der Waals surface area contributed by atoms with Crippen LogP contribution in [0.15, 0.2) is 0 Å². The summed E-state index contributed by atoms with van der Waals surface area (Å²) in [5.41, 5.74) is 0. The molecule has 11 heavy (non-hydrogen) atoms. The fraction of sp³-hybridized carbons (Fsp3) is 0.889. The maximum Gasteiger partial charge on any atom is 0.303 e. The molecular formula is C9H14O2. The molecule has 2 aliphatic carbocycles. The van der Waals surface area contributed by atoms with Crippen molar-refractivity contribution in [3.8, 4) is 0 Å². The summed E-state index contributed by atoms with van der Waals surface area (Å²) in [6, 6.07) is 0. The van der Waals surface area contributed by atoms with Gasteiger partial charge in [-0.15, -0.1) is 0 Å². The lowest BCUT2D eigenvalue weighted by Gasteiger charge is -2.18. The van der Waals surface area contributed by atoms with Crippen LogP contribution in [0.3, 0.4) is 0 Å². The number of fused-ring (bicyclic) bond motifs is 2. The van der Waals surface area contributed by atoms with Crippen LogP contribution in [0.25, 0.3) is 0 Å². The first kappa shape index (κ1) is 7.14. The maximum atomic E-state index is 10.4. The van der Waals surface area contributed by atoms with E-state index >= 15 is 0 Å². The predicted molar refractivity (Wildman–Crippen MR) is 41.2 cm³/mol. The molecule has 0 aromatic heterocycles. The van der Waals surface area contributed by atoms with Gasteiger partial charge in [-0.25, -0.2) is 0 Å². The topological polar surface area (TPSA) is 37.3 Å². The number of carbonyl (C=O) groups is 1. The van der Waals surface area contributed by atoms with Gasteiger partial charge in [0.2, 0.25) is 0 Å². The van der Waals surface area contributed by atoms with Gasteiger partial charge in [0.05, 0.1) is 0 Å². The second-order valence-corrected chi connectivity index (χ2v) is 4.03. The highest BCUT2D eigenvalue weighted by molar-refractivity contribution is 5.67. The molecule has 3 atom stereocenters. The van der Waals surface area contributed by atoms with E-state index in [1.54, 1.807) is 0 Å². The summed E-state index contributed by atoms with van der Waals surface area (Å²) in [5.74, 6) is 1.55. The van der Waals surface area contributed by atoms with E-state index in [0.717, 1.165) is 11.8 Å². The standard InChI is InChI=1S/C9H14O2/c10-9(11)5-8-4-6-1-2-7(8)3-6/h6-8H,1-5H2,(H,10,11)/t6?,7-,8-/m1/s1. The van der Waals surface area contributed by atoms with Crippen molar-refractivity contribution in [1.29, 1.82) is 0 Å². The van der Waals surface area contributed by atoms with Crippen LogP contribution in [0.2, 0.25) is 0 Å². The van der Waals surface area contributed by atoms with Gasteiger partial charge < -0.3 is 5.11 Å². The molecule has 0 aromatic carbocycles. The molecule has 1 N–H and O–H groups in total. The normalized spacial score (nSPS) is 41.3. The van der Waals surface area contributed by atoms with Crippen molar-refractivity contribution >= 4 is 5.97 Å². The number of carboxylic acids is 1. The molecule has 2 nitrogen and oxygen atoms in total. The average Bonchev–Trinajstić information content (AvgIpc) is 2.45. The summed E-state index contributed by atoms with van der Waals surface area (Å²) in [6.45, 7) is 0. The molecule has 2 saturated carbocycles. The third kappa shape index (κ3) is 1.26. The summed E-state index contributed by atoms with van der Waals surface area (Å²) < 4.78 is 0. The second-order valence-electron chi connectivity index (χ2n) is 4.03. The Morgan fingerprint density at radius 1 is 1.36 bits per heavy atom. The summed E-state index contributed by atoms with van der Waals surface area (Å²) in [5, 5.41) is 8.60. The van der Waals surface area contributed by atoms with Crippen LogP contribution in [0, 0.1) is 17.8 Å². The van der Waals surface area contributed by atoms with Crippen LogP contribution >= 0.6 is 0 Å². The first-order valence-corrected chi connectivity index (χ1v) is 4.47. The summed E-state index contributed by atoms with van der Waals surface area (Å²) in [7, 11) is 0. The van der Waals surface area contributed by atoms with E-state index in [1.165, 1.54) is 25.7 Å². The first-order valence-electron chi connectivity index (χ1n) is 4.47. The molecule has 0 radical (unpaired) electrons. The molecule has 2 fully saturated rings. The molecule has 1 unspecified atom stereocenters. The van der Waals surface area contributed by atoms with Crippen molar-refractivity contribution < 1.29 is 9.90 Å². The maximum absolute atomic E-state index is 10.4. The molecule has 62 valence electrons. The molecule has 0 heterocycles. The third-order valence-electron chi connectivity index (χ3n) is 3.32. The number of hydrogen-bond donors (Lipinski definition) is 1. The quantitative estimate of drug-likeness (QED) is 0.659. The van der Waals surface area contributed by atoms with Crippen LogP contribution in [-0.2, 0) is 4.79 Å². The Kier molecular flexibility index (Phi) is 1.63. The van der Waals surface area contributed by atoms with Crippen LogP contribution in [-0.4, -0.2) is 11.1 Å². The lowest BCUT2D eigenvalue weighted by molar-refractivity contribution is -0.138. The Bertz CT molecular complexity index is 176. The van der Waals surface area contributed by atoms with E-state index < -0.39 is 5.97 Å². The van der Waals surface area contributed by atoms with Crippen LogP contribution in [0.4, 0.5) is 0 Å². The Balaban J connectivity index is 1.92. The van der Waals surface area contributed by atoms with Crippen molar-refractivity contribution in [2.24, 2.45) is 17.8 Å². The zero-order chi connectivity index (χ0) is 7.84. The molecule has 2 bridgehead atoms. The fourth-order valence-electron chi connectivity index (χ4n) is 2.85. The van der Waals surface area contributed by atoms with Gasteiger partial charge >= 0.3 is 5.97 Å². The van der Waals surface area contributed by atoms with Crippen molar-refractivity contribution in [1.82, 2.24) is 0 Å². The van der Waals surface area contributed by atoms with E-state index in [1.807, 2.05) is 0 Å². The van der Waals surface area contributed by atoms with E-state index in [2.05, 4.69) is 0 Å². The number of hydrogen-bond acceptors (Lipinski definition) is 1. The van der Waals surface area contributed by atoms with E-state index in [-0.39, 0.29) is 0 Å². The monoisotopic (exact) mass is 154 g/mol. The second kappa shape index (κ2) is 2.50. The Morgan fingerprint density at radius 2 is 2.18 bits per heavy atom. The minimum Gasteiger partial charge on any atom is -0.481 e. The molecule has 0 spiro atoms. The van der Waals surface area contributed by atoms with Crippen LogP contribution in [0.1, 0.15) is 32.1 Å². The molecule has 0 aromatic rings. The van der Waals surface area contributed by atoms with Gasteiger partial charge in [0.15, 0.2) is 0 Å². The minimum atomic E-state index is -0.609. The van der Waals surface area contributed by atoms with Crippen molar-refractivity contribution in [3.05, 3.63) is 0 Å².